The Morgan fingerprint density at radius 1 is 0.906 bits per heavy atom. The van der Waals surface area contributed by atoms with E-state index in [0.717, 1.165) is 5.56 Å². The molecule has 7 heteroatoms. The number of carbonyl (C=O) groups excluding carboxylic acids is 2. The summed E-state index contributed by atoms with van der Waals surface area (Å²) in [7, 11) is 0. The van der Waals surface area contributed by atoms with Gasteiger partial charge in [-0.15, -0.1) is 0 Å². The number of amides is 2. The van der Waals surface area contributed by atoms with Gasteiger partial charge in [0, 0.05) is 17.7 Å². The zero-order valence-electron chi connectivity index (χ0n) is 16.8. The second kappa shape index (κ2) is 9.29. The molecular weight excluding hydrogens is 424 g/mol. The zero-order chi connectivity index (χ0) is 22.5. The number of rotatable bonds is 4. The predicted octanol–water partition coefficient (Wildman–Crippen LogP) is 4.08. The van der Waals surface area contributed by atoms with Crippen molar-refractivity contribution in [2.75, 3.05) is 0 Å². The first kappa shape index (κ1) is 21.0. The molecule has 6 nitrogen and oxygen atoms in total. The molecular formula is C25H17ClN4O2. The first-order valence-corrected chi connectivity index (χ1v) is 10.2. The maximum absolute atomic E-state index is 12.8. The number of benzene rings is 3. The van der Waals surface area contributed by atoms with E-state index in [1.54, 1.807) is 48.5 Å². The fourth-order valence-electron chi connectivity index (χ4n) is 3.31. The van der Waals surface area contributed by atoms with Gasteiger partial charge in [0.1, 0.15) is 17.5 Å². The number of nitrogens with zero attached hydrogens (tertiary/aromatic N) is 2. The second-order valence-corrected chi connectivity index (χ2v) is 7.35. The third-order valence-electron chi connectivity index (χ3n) is 4.88. The Balaban J connectivity index is 1.65. The molecule has 1 aliphatic heterocycles. The van der Waals surface area contributed by atoms with E-state index >= 15 is 0 Å². The molecule has 156 valence electrons. The highest BCUT2D eigenvalue weighted by molar-refractivity contribution is 6.34. The largest absolute Gasteiger partial charge is 0.347 e. The van der Waals surface area contributed by atoms with E-state index in [0.29, 0.717) is 21.7 Å². The quantitative estimate of drug-likeness (QED) is 0.472. The highest BCUT2D eigenvalue weighted by Gasteiger charge is 2.27. The van der Waals surface area contributed by atoms with Gasteiger partial charge < -0.3 is 10.6 Å². The van der Waals surface area contributed by atoms with Crippen molar-refractivity contribution in [2.24, 2.45) is 4.99 Å². The van der Waals surface area contributed by atoms with Gasteiger partial charge in [0.15, 0.2) is 0 Å². The summed E-state index contributed by atoms with van der Waals surface area (Å²) in [5, 5.41) is 15.5. The van der Waals surface area contributed by atoms with Crippen molar-refractivity contribution in [2.45, 2.75) is 6.54 Å². The minimum absolute atomic E-state index is 0.129. The Labute approximate surface area is 189 Å². The number of hydrogen-bond acceptors (Lipinski definition) is 4. The summed E-state index contributed by atoms with van der Waals surface area (Å²) in [5.41, 5.74) is 2.50. The lowest BCUT2D eigenvalue weighted by Gasteiger charge is -2.07. The Morgan fingerprint density at radius 3 is 2.28 bits per heavy atom. The summed E-state index contributed by atoms with van der Waals surface area (Å²) < 4.78 is 0. The van der Waals surface area contributed by atoms with E-state index in [1.807, 2.05) is 36.4 Å². The lowest BCUT2D eigenvalue weighted by atomic mass is 10.0. The monoisotopic (exact) mass is 440 g/mol. The zero-order valence-corrected chi connectivity index (χ0v) is 17.6. The van der Waals surface area contributed by atoms with Crippen LogP contribution in [-0.4, -0.2) is 17.6 Å². The molecule has 0 radical (unpaired) electrons. The van der Waals surface area contributed by atoms with Crippen molar-refractivity contribution in [3.63, 3.8) is 0 Å². The first-order chi connectivity index (χ1) is 15.6. The van der Waals surface area contributed by atoms with Crippen molar-refractivity contribution in [1.82, 2.24) is 10.6 Å². The molecule has 0 spiro atoms. The highest BCUT2D eigenvalue weighted by Crippen LogP contribution is 2.31. The summed E-state index contributed by atoms with van der Waals surface area (Å²) in [5.74, 6) is -0.717. The van der Waals surface area contributed by atoms with E-state index in [-0.39, 0.29) is 23.7 Å². The third-order valence-corrected chi connectivity index (χ3v) is 5.21. The topological polar surface area (TPSA) is 94.3 Å². The van der Waals surface area contributed by atoms with Crippen molar-refractivity contribution in [1.29, 1.82) is 5.26 Å². The third kappa shape index (κ3) is 4.29. The van der Waals surface area contributed by atoms with Crippen LogP contribution in [0.25, 0.3) is 5.70 Å². The summed E-state index contributed by atoms with van der Waals surface area (Å²) in [6.45, 7) is 0.277. The van der Waals surface area contributed by atoms with E-state index < -0.39 is 11.8 Å². The molecule has 3 aromatic carbocycles. The molecule has 32 heavy (non-hydrogen) atoms. The fourth-order valence-corrected chi connectivity index (χ4v) is 3.53. The number of carbonyl (C=O) groups is 2. The van der Waals surface area contributed by atoms with Gasteiger partial charge in [0.25, 0.3) is 11.8 Å². The summed E-state index contributed by atoms with van der Waals surface area (Å²) >= 11 is 6.13. The van der Waals surface area contributed by atoms with E-state index in [2.05, 4.69) is 15.6 Å². The SMILES string of the molecule is N#C/C(C(=O)NCc1ccccc1)=C1/N=C(NC(=O)c2ccccc2Cl)c2ccccc21. The Bertz CT molecular complexity index is 1310. The number of halogens is 1. The molecule has 0 unspecified atom stereocenters. The van der Waals surface area contributed by atoms with Crippen LogP contribution in [0.4, 0.5) is 0 Å². The molecule has 0 atom stereocenters. The number of nitriles is 1. The molecule has 0 saturated heterocycles. The van der Waals surface area contributed by atoms with Crippen LogP contribution in [-0.2, 0) is 11.3 Å². The Kier molecular flexibility index (Phi) is 6.11. The number of aliphatic imine (C=N–C) groups is 1. The van der Waals surface area contributed by atoms with Crippen LogP contribution in [0.3, 0.4) is 0 Å². The highest BCUT2D eigenvalue weighted by atomic mass is 35.5. The summed E-state index contributed by atoms with van der Waals surface area (Å²) in [4.78, 5) is 29.9. The molecule has 0 aromatic heterocycles. The van der Waals surface area contributed by atoms with Gasteiger partial charge in [0.2, 0.25) is 0 Å². The second-order valence-electron chi connectivity index (χ2n) is 6.94. The molecule has 3 aromatic rings. The minimum Gasteiger partial charge on any atom is -0.347 e. The van der Waals surface area contributed by atoms with Crippen molar-refractivity contribution >= 4 is 34.9 Å². The molecule has 1 heterocycles. The lowest BCUT2D eigenvalue weighted by molar-refractivity contribution is -0.117. The molecule has 2 amide bonds. The van der Waals surface area contributed by atoms with Gasteiger partial charge in [-0.2, -0.15) is 5.26 Å². The van der Waals surface area contributed by atoms with Crippen LogP contribution in [0.15, 0.2) is 89.4 Å². The average molecular weight is 441 g/mol. The van der Waals surface area contributed by atoms with Crippen molar-refractivity contribution in [3.8, 4) is 6.07 Å². The molecule has 0 aliphatic carbocycles. The van der Waals surface area contributed by atoms with Gasteiger partial charge in [-0.1, -0.05) is 78.3 Å². The Morgan fingerprint density at radius 2 is 1.56 bits per heavy atom. The standard InChI is InChI=1S/C25H17ClN4O2/c26-21-13-7-6-12-19(21)25(32)30-23-18-11-5-4-10-17(18)22(29-23)20(14-27)24(31)28-15-16-8-2-1-3-9-16/h1-13H,15H2,(H,28,31)(H,29,30,32)/b22-20-. The van der Waals surface area contributed by atoms with Crippen molar-refractivity contribution in [3.05, 3.63) is 112 Å². The normalized spacial score (nSPS) is 13.4. The molecule has 0 bridgehead atoms. The van der Waals surface area contributed by atoms with E-state index in [9.17, 15) is 14.9 Å². The fraction of sp³-hybridized carbons (Fsp3) is 0.0400. The number of hydrogen-bond donors (Lipinski definition) is 2. The molecule has 1 aliphatic rings. The van der Waals surface area contributed by atoms with E-state index in [4.69, 9.17) is 11.6 Å². The van der Waals surface area contributed by atoms with Crippen LogP contribution in [0.1, 0.15) is 27.0 Å². The van der Waals surface area contributed by atoms with Gasteiger partial charge >= 0.3 is 0 Å². The average Bonchev–Trinajstić information content (AvgIpc) is 3.17. The van der Waals surface area contributed by atoms with Gasteiger partial charge in [-0.25, -0.2) is 4.99 Å². The first-order valence-electron chi connectivity index (χ1n) is 9.79. The van der Waals surface area contributed by atoms with Gasteiger partial charge in [0.05, 0.1) is 16.3 Å². The summed E-state index contributed by atoms with van der Waals surface area (Å²) in [6.07, 6.45) is 0. The maximum Gasteiger partial charge on any atom is 0.264 e. The van der Waals surface area contributed by atoms with Crippen LogP contribution in [0, 0.1) is 11.3 Å². The molecule has 0 saturated carbocycles. The maximum atomic E-state index is 12.8. The molecule has 4 rings (SSSR count). The predicted molar refractivity (Wildman–Crippen MR) is 123 cm³/mol. The minimum atomic E-state index is -0.538. The smallest absolute Gasteiger partial charge is 0.264 e. The summed E-state index contributed by atoms with van der Waals surface area (Å²) in [6, 6.07) is 25.1. The lowest BCUT2D eigenvalue weighted by Crippen LogP contribution is -2.30. The van der Waals surface area contributed by atoms with Crippen LogP contribution in [0.2, 0.25) is 5.02 Å². The number of amidine groups is 1. The van der Waals surface area contributed by atoms with Crippen LogP contribution >= 0.6 is 11.6 Å². The van der Waals surface area contributed by atoms with E-state index in [1.165, 1.54) is 0 Å². The van der Waals surface area contributed by atoms with Gasteiger partial charge in [-0.05, 0) is 17.7 Å². The van der Waals surface area contributed by atoms with Gasteiger partial charge in [-0.3, -0.25) is 9.59 Å². The Hall–Kier alpha value is -4.21. The molecule has 2 N–H and O–H groups in total. The van der Waals surface area contributed by atoms with Crippen molar-refractivity contribution < 1.29 is 9.59 Å². The number of nitrogens with one attached hydrogen (secondary N) is 2. The van der Waals surface area contributed by atoms with Crippen LogP contribution < -0.4 is 10.6 Å². The van der Waals surface area contributed by atoms with Crippen LogP contribution in [0.5, 0.6) is 0 Å². The number of fused-ring (bicyclic) bond motifs is 1. The molecule has 0 fully saturated rings.